The Morgan fingerprint density at radius 3 is 1.66 bits per heavy atom. The number of benzene rings is 8. The van der Waals surface area contributed by atoms with Gasteiger partial charge in [-0.05, 0) is 150 Å². The number of carbonyl (C=O) groups excluding carboxylic acids is 4. The fraction of sp³-hybridized carbons (Fsp3) is 0.174. The minimum Gasteiger partial charge on any atom is -0.495 e. The van der Waals surface area contributed by atoms with Crippen LogP contribution in [-0.2, 0) is 24.1 Å². The van der Waals surface area contributed by atoms with Crippen molar-refractivity contribution in [1.29, 1.82) is 0 Å². The number of hydrogen-bond acceptors (Lipinski definition) is 16. The van der Waals surface area contributed by atoms with E-state index in [4.69, 9.17) is 27.9 Å². The maximum absolute atomic E-state index is 15.3. The Morgan fingerprint density at radius 1 is 0.536 bits per heavy atom. The van der Waals surface area contributed by atoms with Crippen molar-refractivity contribution in [2.24, 2.45) is 0 Å². The summed E-state index contributed by atoms with van der Waals surface area (Å²) in [4.78, 5) is 81.2. The number of aromatic amines is 2. The number of nitrogens with one attached hydrogen (secondary N) is 5. The Bertz CT molecular complexity index is 5780. The summed E-state index contributed by atoms with van der Waals surface area (Å²) < 4.78 is 36.2. The Kier molecular flexibility index (Phi) is 24.0. The molecule has 24 heteroatoms. The number of pyridine rings is 1. The Balaban J connectivity index is 0.000000154. The van der Waals surface area contributed by atoms with Gasteiger partial charge in [0.2, 0.25) is 11.9 Å². The molecule has 2 amide bonds. The predicted octanol–water partition coefficient (Wildman–Crippen LogP) is 19.2. The van der Waals surface area contributed by atoms with Gasteiger partial charge in [0.25, 0.3) is 5.91 Å². The molecule has 0 radical (unpaired) electrons. The summed E-state index contributed by atoms with van der Waals surface area (Å²) in [6.07, 6.45) is 8.01. The van der Waals surface area contributed by atoms with Gasteiger partial charge in [-0.25, -0.2) is 33.7 Å². The zero-order valence-electron chi connectivity index (χ0n) is 62.0. The van der Waals surface area contributed by atoms with Crippen molar-refractivity contribution in [3.8, 4) is 39.1 Å². The van der Waals surface area contributed by atoms with Crippen LogP contribution >= 0.6 is 23.2 Å². The van der Waals surface area contributed by atoms with E-state index in [1.165, 1.54) is 30.2 Å². The molecule has 0 saturated heterocycles. The van der Waals surface area contributed by atoms with E-state index >= 15 is 8.78 Å². The number of hydrogen-bond donors (Lipinski definition) is 5. The number of H-pyrrole nitrogens is 2. The SMILES string of the molecule is CCC(=O)c1ccc(-c2cc(F)c(Cc3ncc(Cl)c(Cc4[nH]nc5ccccc45)n3)cc2C)cc1.CCC(=O)c1ccc(-c2cc(F)c(Cc3ncc(Cl)c(N(C(C)=O)c4cnc5ccccc5c4)n3)cc2C)cc1.CNC(=O)c1ccc(-c2cc(OC)c(Nc3ncc(C)c(Nc4cc(C)[nH]n4)n3)cc2C)cc1. The van der Waals surface area contributed by atoms with Gasteiger partial charge in [-0.15, -0.1) is 0 Å². The van der Waals surface area contributed by atoms with Gasteiger partial charge in [0.1, 0.15) is 39.9 Å². The van der Waals surface area contributed by atoms with Crippen LogP contribution in [0.5, 0.6) is 5.75 Å². The number of methoxy groups -OCH3 is 1. The largest absolute Gasteiger partial charge is 0.495 e. The lowest BCUT2D eigenvalue weighted by atomic mass is 9.95. The number of Topliss-reactive ketones (excluding diaryl/α,β-unsaturated/α-hetero) is 2. The molecule has 8 aromatic carbocycles. The van der Waals surface area contributed by atoms with Crippen molar-refractivity contribution in [3.63, 3.8) is 0 Å². The van der Waals surface area contributed by atoms with E-state index in [1.54, 1.807) is 63.1 Å². The third kappa shape index (κ3) is 17.9. The number of amides is 2. The van der Waals surface area contributed by atoms with Crippen LogP contribution in [0.1, 0.15) is 127 Å². The second-order valence-corrected chi connectivity index (χ2v) is 27.0. The lowest BCUT2D eigenvalue weighted by molar-refractivity contribution is -0.115. The van der Waals surface area contributed by atoms with Crippen molar-refractivity contribution in [3.05, 3.63) is 295 Å². The smallest absolute Gasteiger partial charge is 0.251 e. The number of rotatable bonds is 21. The number of nitrogens with zero attached hydrogens (tertiary/aromatic N) is 10. The first-order valence-corrected chi connectivity index (χ1v) is 36.2. The number of aromatic nitrogens is 11. The topological polar surface area (TPSA) is 264 Å². The zero-order valence-corrected chi connectivity index (χ0v) is 63.5. The van der Waals surface area contributed by atoms with Gasteiger partial charge in [-0.1, -0.05) is 146 Å². The van der Waals surface area contributed by atoms with Crippen LogP contribution in [0.4, 0.5) is 43.6 Å². The van der Waals surface area contributed by atoms with Gasteiger partial charge >= 0.3 is 0 Å². The fourth-order valence-corrected chi connectivity index (χ4v) is 12.9. The average Bonchev–Trinajstić information content (AvgIpc) is 1.11. The highest BCUT2D eigenvalue weighted by Crippen LogP contribution is 2.38. The molecule has 0 fully saturated rings. The minimum atomic E-state index is -0.406. The first-order chi connectivity index (χ1) is 53.0. The van der Waals surface area contributed by atoms with Crippen molar-refractivity contribution >= 4 is 103 Å². The summed E-state index contributed by atoms with van der Waals surface area (Å²) in [5.41, 5.74) is 17.2. The number of halogens is 4. The number of anilines is 6. The van der Waals surface area contributed by atoms with Crippen LogP contribution in [0.25, 0.3) is 55.2 Å². The number of fused-ring (bicyclic) bond motifs is 2. The van der Waals surface area contributed by atoms with E-state index in [0.29, 0.717) is 98.5 Å². The third-order valence-electron chi connectivity index (χ3n) is 18.5. The highest BCUT2D eigenvalue weighted by Gasteiger charge is 2.24. The zero-order chi connectivity index (χ0) is 77.9. The van der Waals surface area contributed by atoms with Crippen molar-refractivity contribution in [2.75, 3.05) is 29.7 Å². The predicted molar refractivity (Wildman–Crippen MR) is 429 cm³/mol. The minimum absolute atomic E-state index is 0.0624. The maximum atomic E-state index is 15.3. The molecule has 5 N–H and O–H groups in total. The number of carbonyl (C=O) groups is 4. The van der Waals surface area contributed by atoms with Crippen LogP contribution in [-0.4, -0.2) is 92.8 Å². The number of aryl methyl sites for hydroxylation is 5. The van der Waals surface area contributed by atoms with Crippen LogP contribution in [0.2, 0.25) is 10.0 Å². The van der Waals surface area contributed by atoms with Crippen molar-refractivity contribution in [2.45, 2.75) is 87.5 Å². The molecule has 0 aliphatic rings. The molecule has 110 heavy (non-hydrogen) atoms. The fourth-order valence-electron chi connectivity index (χ4n) is 12.6. The summed E-state index contributed by atoms with van der Waals surface area (Å²) in [6.45, 7) is 14.8. The molecule has 14 rings (SSSR count). The monoisotopic (exact) mass is 1510 g/mol. The van der Waals surface area contributed by atoms with Gasteiger partial charge < -0.3 is 20.7 Å². The van der Waals surface area contributed by atoms with Crippen LogP contribution in [0.3, 0.4) is 0 Å². The second-order valence-electron chi connectivity index (χ2n) is 26.2. The molecule has 554 valence electrons. The molecule has 20 nitrogen and oxygen atoms in total. The normalized spacial score (nSPS) is 11.0. The van der Waals surface area contributed by atoms with Crippen LogP contribution in [0, 0.1) is 46.3 Å². The molecule has 0 bridgehead atoms. The molecule has 14 aromatic rings. The number of ether oxygens (including phenoxy) is 1. The maximum Gasteiger partial charge on any atom is 0.251 e. The van der Waals surface area contributed by atoms with Gasteiger partial charge in [-0.3, -0.25) is 39.3 Å². The molecular formula is C86H77Cl2F2N15O5. The van der Waals surface area contributed by atoms with Crippen LogP contribution in [0.15, 0.2) is 195 Å². The Morgan fingerprint density at radius 2 is 1.09 bits per heavy atom. The highest BCUT2D eigenvalue weighted by molar-refractivity contribution is 6.33. The molecular weight excluding hydrogens is 1430 g/mol. The molecule has 6 aromatic heterocycles. The van der Waals surface area contributed by atoms with Gasteiger partial charge in [0, 0.05) is 109 Å². The van der Waals surface area contributed by atoms with Gasteiger partial charge in [0.15, 0.2) is 23.2 Å². The van der Waals surface area contributed by atoms with E-state index < -0.39 is 5.82 Å². The summed E-state index contributed by atoms with van der Waals surface area (Å²) in [6, 6.07) is 51.7. The summed E-state index contributed by atoms with van der Waals surface area (Å²) >= 11 is 12.9. The first kappa shape index (κ1) is 76.8. The Hall–Kier alpha value is -12.8. The second kappa shape index (κ2) is 34.4. The molecule has 0 atom stereocenters. The summed E-state index contributed by atoms with van der Waals surface area (Å²) in [5, 5.41) is 26.1. The van der Waals surface area contributed by atoms with E-state index in [2.05, 4.69) is 71.2 Å². The Labute approximate surface area is 644 Å². The molecule has 0 spiro atoms. The lowest BCUT2D eigenvalue weighted by Crippen LogP contribution is -2.25. The summed E-state index contributed by atoms with van der Waals surface area (Å²) in [7, 11) is 3.24. The quantitative estimate of drug-likeness (QED) is 0.0419. The van der Waals surface area contributed by atoms with Gasteiger partial charge in [-0.2, -0.15) is 15.2 Å². The van der Waals surface area contributed by atoms with E-state index in [1.807, 2.05) is 176 Å². The molecule has 6 heterocycles. The van der Waals surface area contributed by atoms with Crippen LogP contribution < -0.4 is 25.6 Å². The highest BCUT2D eigenvalue weighted by atomic mass is 35.5. The average molecular weight is 1510 g/mol. The van der Waals surface area contributed by atoms with E-state index in [-0.39, 0.29) is 52.9 Å². The number of ketones is 2. The van der Waals surface area contributed by atoms with Gasteiger partial charge in [0.05, 0.1) is 52.6 Å². The first-order valence-electron chi connectivity index (χ1n) is 35.4. The van der Waals surface area contributed by atoms with Crippen molar-refractivity contribution in [1.82, 2.24) is 60.6 Å². The third-order valence-corrected chi connectivity index (χ3v) is 19.0. The molecule has 0 aliphatic carbocycles. The van der Waals surface area contributed by atoms with E-state index in [9.17, 15) is 19.2 Å². The van der Waals surface area contributed by atoms with E-state index in [0.717, 1.165) is 94.5 Å². The van der Waals surface area contributed by atoms with Crippen molar-refractivity contribution < 1.29 is 32.7 Å². The summed E-state index contributed by atoms with van der Waals surface area (Å²) in [5.74, 6) is 2.43. The number of para-hydroxylation sites is 2. The standard InChI is InChI=1S/C32H26ClFN4O2.C29H24ClFN4O.C25H27N7O2/c1-4-30(40)22-11-9-21(10-12-22)26-16-28(34)24(13-19(26)2)15-31-36-18-27(33)32(37-31)38(20(3)39)25-14-23-7-5-6-8-29(23)35-17-25;1-3-28(36)19-10-8-18(9-11-19)22-14-24(31)20(12-17(22)2)13-29-32-16-23(30)27(33-29)15-26-21-6-4-5-7-25(21)34-35-26;1-14-10-20(21(34-5)12-19(14)17-6-8-18(9-7-17)24(33)26-4)28-25-27-13-15(2)23(30-25)29-22-11-16(3)31-32-22/h5-14,16-18H,4,15H2,1-3H3;4-12,14,16H,3,13,15H2,1-2H3,(H,34,35);6-13H,1-5H3,(H,26,33)(H3,27,28,29,30,31,32). The molecule has 0 unspecified atom stereocenters. The molecule has 0 aliphatic heterocycles. The molecule has 0 saturated carbocycles. The lowest BCUT2D eigenvalue weighted by Gasteiger charge is -2.21.